The number of nitrogens with zero attached hydrogens (tertiary/aromatic N) is 2. The molecule has 0 bridgehead atoms. The number of aryl methyl sites for hydroxylation is 1. The van der Waals surface area contributed by atoms with Crippen molar-refractivity contribution in [3.05, 3.63) is 18.1 Å². The van der Waals surface area contributed by atoms with Crippen molar-refractivity contribution in [1.29, 1.82) is 0 Å². The summed E-state index contributed by atoms with van der Waals surface area (Å²) in [5, 5.41) is 2.53. The molecular formula is C15H24N4O4. The van der Waals surface area contributed by atoms with Gasteiger partial charge in [-0.05, 0) is 40.0 Å². The van der Waals surface area contributed by atoms with Crippen molar-refractivity contribution >= 4 is 17.9 Å². The maximum Gasteiger partial charge on any atom is 0.408 e. The number of nitrogens with two attached hydrogens (primary N) is 1. The van der Waals surface area contributed by atoms with Crippen LogP contribution in [0.25, 0.3) is 0 Å². The van der Waals surface area contributed by atoms with Gasteiger partial charge in [0, 0.05) is 0 Å². The van der Waals surface area contributed by atoms with Gasteiger partial charge in [-0.3, -0.25) is 4.98 Å². The van der Waals surface area contributed by atoms with Gasteiger partial charge in [0.05, 0.1) is 25.2 Å². The molecule has 0 saturated heterocycles. The fraction of sp³-hybridized carbons (Fsp3) is 0.600. The highest BCUT2D eigenvalue weighted by molar-refractivity contribution is 5.81. The molecule has 1 amide bonds. The monoisotopic (exact) mass is 324 g/mol. The standard InChI is InChI=1S/C15H24N4O4/c1-15(2,3)23-14(21)19-11(13(20)22-4)7-5-6-10-8-18-12(16)9-17-10/h8-9,11H,5-7H2,1-4H3,(H2,16,18)(H,19,21). The van der Waals surface area contributed by atoms with E-state index < -0.39 is 23.7 Å². The summed E-state index contributed by atoms with van der Waals surface area (Å²) in [6.07, 6.45) is 4.04. The molecule has 0 spiro atoms. The Hall–Kier alpha value is -2.38. The first-order valence-corrected chi connectivity index (χ1v) is 7.35. The second-order valence-corrected chi connectivity index (χ2v) is 6.05. The Labute approximate surface area is 135 Å². The number of ether oxygens (including phenoxy) is 2. The molecule has 0 aliphatic rings. The van der Waals surface area contributed by atoms with Crippen molar-refractivity contribution in [2.75, 3.05) is 12.8 Å². The van der Waals surface area contributed by atoms with E-state index in [0.29, 0.717) is 25.1 Å². The third-order valence-electron chi connectivity index (χ3n) is 2.83. The Kier molecular flexibility index (Phi) is 6.74. The maximum absolute atomic E-state index is 11.8. The van der Waals surface area contributed by atoms with Gasteiger partial charge in [-0.15, -0.1) is 0 Å². The molecular weight excluding hydrogens is 300 g/mol. The minimum absolute atomic E-state index is 0.354. The average molecular weight is 324 g/mol. The number of carbonyl (C=O) groups is 2. The number of anilines is 1. The zero-order valence-electron chi connectivity index (χ0n) is 14.0. The van der Waals surface area contributed by atoms with E-state index in [0.717, 1.165) is 5.69 Å². The minimum atomic E-state index is -0.767. The van der Waals surface area contributed by atoms with Gasteiger partial charge < -0.3 is 20.5 Å². The summed E-state index contributed by atoms with van der Waals surface area (Å²) in [6.45, 7) is 5.25. The minimum Gasteiger partial charge on any atom is -0.467 e. The molecule has 1 aromatic heterocycles. The first-order valence-electron chi connectivity index (χ1n) is 7.35. The number of alkyl carbamates (subject to hydrolysis) is 1. The summed E-state index contributed by atoms with van der Waals surface area (Å²) < 4.78 is 9.85. The number of rotatable bonds is 6. The van der Waals surface area contributed by atoms with Crippen LogP contribution in [0, 0.1) is 0 Å². The predicted octanol–water partition coefficient (Wildman–Crippen LogP) is 1.45. The molecule has 23 heavy (non-hydrogen) atoms. The van der Waals surface area contributed by atoms with Gasteiger partial charge in [0.15, 0.2) is 0 Å². The van der Waals surface area contributed by atoms with Gasteiger partial charge in [0.2, 0.25) is 0 Å². The SMILES string of the molecule is COC(=O)C(CCCc1cnc(N)cn1)NC(=O)OC(C)(C)C. The van der Waals surface area contributed by atoms with E-state index in [1.165, 1.54) is 13.3 Å². The van der Waals surface area contributed by atoms with Gasteiger partial charge in [-0.1, -0.05) is 0 Å². The van der Waals surface area contributed by atoms with Crippen LogP contribution in [0.2, 0.25) is 0 Å². The topological polar surface area (TPSA) is 116 Å². The van der Waals surface area contributed by atoms with Crippen molar-refractivity contribution in [1.82, 2.24) is 15.3 Å². The van der Waals surface area contributed by atoms with Crippen LogP contribution in [0.4, 0.5) is 10.6 Å². The van der Waals surface area contributed by atoms with Crippen LogP contribution in [0.5, 0.6) is 0 Å². The van der Waals surface area contributed by atoms with Gasteiger partial charge in [0.25, 0.3) is 0 Å². The van der Waals surface area contributed by atoms with E-state index in [4.69, 9.17) is 15.2 Å². The van der Waals surface area contributed by atoms with Crippen LogP contribution in [-0.2, 0) is 20.7 Å². The summed E-state index contributed by atoms with van der Waals surface area (Å²) in [7, 11) is 1.28. The Morgan fingerprint density at radius 3 is 2.52 bits per heavy atom. The molecule has 0 radical (unpaired) electrons. The molecule has 8 heteroatoms. The summed E-state index contributed by atoms with van der Waals surface area (Å²) >= 11 is 0. The van der Waals surface area contributed by atoms with E-state index in [9.17, 15) is 9.59 Å². The number of nitrogen functional groups attached to an aromatic ring is 1. The number of hydrogen-bond acceptors (Lipinski definition) is 7. The lowest BCUT2D eigenvalue weighted by atomic mass is 10.1. The second-order valence-electron chi connectivity index (χ2n) is 6.05. The average Bonchev–Trinajstić information content (AvgIpc) is 2.45. The smallest absolute Gasteiger partial charge is 0.408 e. The third kappa shape index (κ3) is 7.44. The van der Waals surface area contributed by atoms with Gasteiger partial charge in [-0.25, -0.2) is 14.6 Å². The Morgan fingerprint density at radius 1 is 1.30 bits per heavy atom. The second kappa shape index (κ2) is 8.30. The van der Waals surface area contributed by atoms with Crippen molar-refractivity contribution in [3.63, 3.8) is 0 Å². The Balaban J connectivity index is 2.52. The molecule has 0 fully saturated rings. The zero-order chi connectivity index (χ0) is 17.5. The van der Waals surface area contributed by atoms with Crippen molar-refractivity contribution in [3.8, 4) is 0 Å². The van der Waals surface area contributed by atoms with Crippen molar-refractivity contribution in [2.24, 2.45) is 0 Å². The van der Waals surface area contributed by atoms with Crippen LogP contribution in [0.3, 0.4) is 0 Å². The first kappa shape index (κ1) is 18.7. The van der Waals surface area contributed by atoms with Crippen LogP contribution in [0.15, 0.2) is 12.4 Å². The normalized spacial score (nSPS) is 12.3. The number of nitrogens with one attached hydrogen (secondary N) is 1. The maximum atomic E-state index is 11.8. The fourth-order valence-corrected chi connectivity index (χ4v) is 1.82. The molecule has 0 aliphatic carbocycles. The molecule has 1 unspecified atom stereocenters. The van der Waals surface area contributed by atoms with Gasteiger partial charge in [-0.2, -0.15) is 0 Å². The third-order valence-corrected chi connectivity index (χ3v) is 2.83. The summed E-state index contributed by atoms with van der Waals surface area (Å²) in [6, 6.07) is -0.767. The fourth-order valence-electron chi connectivity index (χ4n) is 1.82. The van der Waals surface area contributed by atoms with Crippen molar-refractivity contribution in [2.45, 2.75) is 51.7 Å². The molecule has 0 aliphatic heterocycles. The van der Waals surface area contributed by atoms with E-state index >= 15 is 0 Å². The first-order chi connectivity index (χ1) is 10.7. The number of hydrogen-bond donors (Lipinski definition) is 2. The lowest BCUT2D eigenvalue weighted by molar-refractivity contribution is -0.143. The van der Waals surface area contributed by atoms with E-state index in [1.54, 1.807) is 27.0 Å². The summed E-state index contributed by atoms with van der Waals surface area (Å²) in [5.41, 5.74) is 5.60. The van der Waals surface area contributed by atoms with E-state index in [2.05, 4.69) is 15.3 Å². The van der Waals surface area contributed by atoms with E-state index in [1.807, 2.05) is 0 Å². The quantitative estimate of drug-likeness (QED) is 0.760. The molecule has 3 N–H and O–H groups in total. The van der Waals surface area contributed by atoms with Gasteiger partial charge in [0.1, 0.15) is 17.5 Å². The number of carbonyl (C=O) groups excluding carboxylic acids is 2. The van der Waals surface area contributed by atoms with Crippen LogP contribution < -0.4 is 11.1 Å². The van der Waals surface area contributed by atoms with Gasteiger partial charge >= 0.3 is 12.1 Å². The molecule has 1 rings (SSSR count). The molecule has 1 aromatic rings. The lowest BCUT2D eigenvalue weighted by Crippen LogP contribution is -2.44. The number of aromatic nitrogens is 2. The van der Waals surface area contributed by atoms with Crippen LogP contribution in [-0.4, -0.2) is 40.8 Å². The predicted molar refractivity (Wildman–Crippen MR) is 84.6 cm³/mol. The molecule has 0 aromatic carbocycles. The van der Waals surface area contributed by atoms with E-state index in [-0.39, 0.29) is 0 Å². The number of methoxy groups -OCH3 is 1. The highest BCUT2D eigenvalue weighted by Gasteiger charge is 2.24. The Bertz CT molecular complexity index is 525. The highest BCUT2D eigenvalue weighted by atomic mass is 16.6. The molecule has 8 nitrogen and oxygen atoms in total. The molecule has 0 saturated carbocycles. The largest absolute Gasteiger partial charge is 0.467 e. The highest BCUT2D eigenvalue weighted by Crippen LogP contribution is 2.09. The number of amides is 1. The molecule has 1 atom stereocenters. The lowest BCUT2D eigenvalue weighted by Gasteiger charge is -2.22. The van der Waals surface area contributed by atoms with Crippen LogP contribution >= 0.6 is 0 Å². The molecule has 1 heterocycles. The zero-order valence-corrected chi connectivity index (χ0v) is 14.0. The molecule has 128 valence electrons. The van der Waals surface area contributed by atoms with Crippen molar-refractivity contribution < 1.29 is 19.1 Å². The van der Waals surface area contributed by atoms with Crippen LogP contribution in [0.1, 0.15) is 39.3 Å². The number of esters is 1. The summed E-state index contributed by atoms with van der Waals surface area (Å²) in [4.78, 5) is 31.6. The Morgan fingerprint density at radius 2 is 2.00 bits per heavy atom. The summed E-state index contributed by atoms with van der Waals surface area (Å²) in [5.74, 6) is -0.160.